The van der Waals surface area contributed by atoms with Crippen LogP contribution in [0.25, 0.3) is 0 Å². The maximum atomic E-state index is 12.3. The molecule has 0 unspecified atom stereocenters. The van der Waals surface area contributed by atoms with Gasteiger partial charge in [-0.3, -0.25) is 9.59 Å². The number of amides is 1. The van der Waals surface area contributed by atoms with Crippen LogP contribution in [0.15, 0.2) is 16.5 Å². The van der Waals surface area contributed by atoms with Gasteiger partial charge < -0.3 is 14.1 Å². The molecule has 19 heavy (non-hydrogen) atoms. The van der Waals surface area contributed by atoms with Crippen LogP contribution in [0.2, 0.25) is 0 Å². The van der Waals surface area contributed by atoms with Crippen LogP contribution in [0.4, 0.5) is 0 Å². The number of methoxy groups -OCH3 is 1. The number of furan rings is 1. The van der Waals surface area contributed by atoms with E-state index < -0.39 is 0 Å². The lowest BCUT2D eigenvalue weighted by molar-refractivity contribution is -0.146. The van der Waals surface area contributed by atoms with Crippen LogP contribution in [0.5, 0.6) is 0 Å². The molecule has 0 bridgehead atoms. The lowest BCUT2D eigenvalue weighted by Gasteiger charge is -2.30. The highest BCUT2D eigenvalue weighted by Crippen LogP contribution is 2.20. The molecule has 5 nitrogen and oxygen atoms in total. The van der Waals surface area contributed by atoms with Crippen LogP contribution in [-0.4, -0.2) is 37.0 Å². The average Bonchev–Trinajstić information content (AvgIpc) is 2.94. The van der Waals surface area contributed by atoms with Crippen LogP contribution in [0.1, 0.15) is 36.1 Å². The molecule has 2 heterocycles. The number of ether oxygens (including phenoxy) is 1. The van der Waals surface area contributed by atoms with Crippen LogP contribution in [-0.2, 0) is 16.0 Å². The molecule has 1 aromatic rings. The number of hydrogen-bond acceptors (Lipinski definition) is 4. The topological polar surface area (TPSA) is 59.8 Å². The van der Waals surface area contributed by atoms with Crippen molar-refractivity contribution < 1.29 is 18.7 Å². The molecule has 1 saturated heterocycles. The molecular weight excluding hydrogens is 246 g/mol. The Morgan fingerprint density at radius 3 is 2.89 bits per heavy atom. The summed E-state index contributed by atoms with van der Waals surface area (Å²) in [6.45, 7) is 3.05. The number of carbonyl (C=O) groups is 2. The Morgan fingerprint density at radius 1 is 1.47 bits per heavy atom. The summed E-state index contributed by atoms with van der Waals surface area (Å²) in [5.74, 6) is 0.537. The Kier molecular flexibility index (Phi) is 4.24. The minimum Gasteiger partial charge on any atom is -0.469 e. The maximum Gasteiger partial charge on any atom is 0.310 e. The number of hydrogen-bond donors (Lipinski definition) is 0. The van der Waals surface area contributed by atoms with Gasteiger partial charge in [-0.05, 0) is 25.0 Å². The van der Waals surface area contributed by atoms with Gasteiger partial charge in [0, 0.05) is 19.5 Å². The Hall–Kier alpha value is -1.78. The summed E-state index contributed by atoms with van der Waals surface area (Å²) in [5.41, 5.74) is 0. The van der Waals surface area contributed by atoms with Crippen molar-refractivity contribution in [2.45, 2.75) is 26.2 Å². The maximum absolute atomic E-state index is 12.3. The van der Waals surface area contributed by atoms with Crippen molar-refractivity contribution >= 4 is 11.9 Å². The first-order valence-corrected chi connectivity index (χ1v) is 6.61. The first kappa shape index (κ1) is 13.6. The van der Waals surface area contributed by atoms with E-state index in [2.05, 4.69) is 0 Å². The number of aryl methyl sites for hydroxylation is 1. The highest BCUT2D eigenvalue weighted by Gasteiger charge is 2.30. The molecule has 1 aromatic heterocycles. The van der Waals surface area contributed by atoms with Crippen molar-refractivity contribution in [3.05, 3.63) is 23.7 Å². The molecule has 104 valence electrons. The predicted octanol–water partition coefficient (Wildman–Crippen LogP) is 1.87. The Labute approximate surface area is 112 Å². The number of likely N-dealkylation sites (tertiary alicyclic amines) is 1. The fourth-order valence-electron chi connectivity index (χ4n) is 2.36. The molecule has 1 fully saturated rings. The quantitative estimate of drug-likeness (QED) is 0.783. The fourth-order valence-corrected chi connectivity index (χ4v) is 2.36. The van der Waals surface area contributed by atoms with Crippen LogP contribution < -0.4 is 0 Å². The molecule has 0 aromatic carbocycles. The van der Waals surface area contributed by atoms with Gasteiger partial charge >= 0.3 is 5.97 Å². The SMILES string of the molecule is CCc1ccc(C(=O)N2CCC[C@H](C(=O)OC)C2)o1. The van der Waals surface area contributed by atoms with Crippen molar-refractivity contribution in [2.75, 3.05) is 20.2 Å². The summed E-state index contributed by atoms with van der Waals surface area (Å²) < 4.78 is 10.2. The molecule has 5 heteroatoms. The Bertz CT molecular complexity index is 466. The van der Waals surface area contributed by atoms with Crippen molar-refractivity contribution in [2.24, 2.45) is 5.92 Å². The van der Waals surface area contributed by atoms with Crippen molar-refractivity contribution in [1.29, 1.82) is 0 Å². The van der Waals surface area contributed by atoms with E-state index in [0.717, 1.165) is 25.0 Å². The predicted molar refractivity (Wildman–Crippen MR) is 68.7 cm³/mol. The van der Waals surface area contributed by atoms with Gasteiger partial charge in [-0.1, -0.05) is 6.92 Å². The van der Waals surface area contributed by atoms with E-state index >= 15 is 0 Å². The van der Waals surface area contributed by atoms with Gasteiger partial charge in [-0.2, -0.15) is 0 Å². The zero-order valence-electron chi connectivity index (χ0n) is 11.3. The fraction of sp³-hybridized carbons (Fsp3) is 0.571. The summed E-state index contributed by atoms with van der Waals surface area (Å²) in [4.78, 5) is 25.5. The Morgan fingerprint density at radius 2 is 2.26 bits per heavy atom. The summed E-state index contributed by atoms with van der Waals surface area (Å²) >= 11 is 0. The van der Waals surface area contributed by atoms with E-state index in [4.69, 9.17) is 9.15 Å². The minimum absolute atomic E-state index is 0.145. The van der Waals surface area contributed by atoms with Gasteiger partial charge in [0.05, 0.1) is 13.0 Å². The van der Waals surface area contributed by atoms with Gasteiger partial charge in [0.2, 0.25) is 0 Å². The number of rotatable bonds is 3. The van der Waals surface area contributed by atoms with Crippen molar-refractivity contribution in [3.63, 3.8) is 0 Å². The normalized spacial score (nSPS) is 19.3. The van der Waals surface area contributed by atoms with Crippen molar-refractivity contribution in [1.82, 2.24) is 4.90 Å². The first-order valence-electron chi connectivity index (χ1n) is 6.61. The van der Waals surface area contributed by atoms with E-state index in [1.165, 1.54) is 7.11 Å². The summed E-state index contributed by atoms with van der Waals surface area (Å²) in [6.07, 6.45) is 2.35. The molecule has 1 atom stereocenters. The van der Waals surface area contributed by atoms with E-state index in [9.17, 15) is 9.59 Å². The van der Waals surface area contributed by atoms with E-state index in [-0.39, 0.29) is 17.8 Å². The highest BCUT2D eigenvalue weighted by atomic mass is 16.5. The lowest BCUT2D eigenvalue weighted by Crippen LogP contribution is -2.42. The average molecular weight is 265 g/mol. The van der Waals surface area contributed by atoms with Gasteiger partial charge in [0.1, 0.15) is 5.76 Å². The molecule has 1 aliphatic rings. The molecule has 0 spiro atoms. The molecule has 0 radical (unpaired) electrons. The number of esters is 1. The van der Waals surface area contributed by atoms with E-state index in [1.807, 2.05) is 13.0 Å². The Balaban J connectivity index is 2.04. The first-order chi connectivity index (χ1) is 9.15. The lowest BCUT2D eigenvalue weighted by atomic mass is 9.98. The third-order valence-electron chi connectivity index (χ3n) is 3.46. The number of nitrogens with zero attached hydrogens (tertiary/aromatic N) is 1. The van der Waals surface area contributed by atoms with Crippen LogP contribution >= 0.6 is 0 Å². The monoisotopic (exact) mass is 265 g/mol. The largest absolute Gasteiger partial charge is 0.469 e. The standard InChI is InChI=1S/C14H19NO4/c1-3-11-6-7-12(19-11)13(16)15-8-4-5-10(9-15)14(17)18-2/h6-7,10H,3-5,8-9H2,1-2H3/t10-/m0/s1. The molecular formula is C14H19NO4. The molecule has 0 N–H and O–H groups in total. The number of carbonyl (C=O) groups excluding carboxylic acids is 2. The zero-order valence-corrected chi connectivity index (χ0v) is 11.3. The molecule has 1 aliphatic heterocycles. The second-order valence-electron chi connectivity index (χ2n) is 4.73. The summed E-state index contributed by atoms with van der Waals surface area (Å²) in [6, 6.07) is 3.51. The highest BCUT2D eigenvalue weighted by molar-refractivity contribution is 5.92. The van der Waals surface area contributed by atoms with Crippen molar-refractivity contribution in [3.8, 4) is 0 Å². The summed E-state index contributed by atoms with van der Waals surface area (Å²) in [5, 5.41) is 0. The van der Waals surface area contributed by atoms with E-state index in [1.54, 1.807) is 11.0 Å². The second-order valence-corrected chi connectivity index (χ2v) is 4.73. The molecule has 0 saturated carbocycles. The van der Waals surface area contributed by atoms with Crippen LogP contribution in [0, 0.1) is 5.92 Å². The molecule has 1 amide bonds. The second kappa shape index (κ2) is 5.91. The summed E-state index contributed by atoms with van der Waals surface area (Å²) in [7, 11) is 1.38. The van der Waals surface area contributed by atoms with Crippen LogP contribution in [0.3, 0.4) is 0 Å². The molecule has 0 aliphatic carbocycles. The van der Waals surface area contributed by atoms with E-state index in [0.29, 0.717) is 18.8 Å². The smallest absolute Gasteiger partial charge is 0.310 e. The minimum atomic E-state index is -0.244. The van der Waals surface area contributed by atoms with Gasteiger partial charge in [-0.15, -0.1) is 0 Å². The van der Waals surface area contributed by atoms with Gasteiger partial charge in [0.25, 0.3) is 5.91 Å². The molecule has 2 rings (SSSR count). The number of piperidine rings is 1. The third-order valence-corrected chi connectivity index (χ3v) is 3.46. The zero-order chi connectivity index (χ0) is 13.8. The third kappa shape index (κ3) is 2.97. The van der Waals surface area contributed by atoms with Gasteiger partial charge in [-0.25, -0.2) is 0 Å². The van der Waals surface area contributed by atoms with Gasteiger partial charge in [0.15, 0.2) is 5.76 Å².